The molecule has 592 valence electrons. The lowest BCUT2D eigenvalue weighted by molar-refractivity contribution is -0.384. The van der Waals surface area contributed by atoms with E-state index >= 15 is 0 Å². The molecule has 26 heteroatoms. The fourth-order valence-corrected chi connectivity index (χ4v) is 10.9. The van der Waals surface area contributed by atoms with Gasteiger partial charge < -0.3 is 75.6 Å². The zero-order valence-corrected chi connectivity index (χ0v) is 64.2. The SMILES string of the molecule is CCOC(=O)c1cccc(Oc2ccc(N)cc2)c1.CCOC(=O)c1cccc(Oc2ccc([N+](=O)[O-])cc2)c1.COc1c(OCCCCl)cc2ncc(C#N)cc2c1Cc1ccc(Oc2cccc(C(=O)NC3CC3)c2)cc1.Nc1ccc(Oc2cccc(C(=O)NC3CC3)c2)cc1.Nc1ccc(Oc2cccc(C(=O)O)c2)cc1. The number of anilines is 3. The third-order valence-corrected chi connectivity index (χ3v) is 17.1. The van der Waals surface area contributed by atoms with Gasteiger partial charge in [-0.1, -0.05) is 42.5 Å². The van der Waals surface area contributed by atoms with Crippen molar-refractivity contribution in [1.82, 2.24) is 15.6 Å². The average molecular weight is 1580 g/mol. The van der Waals surface area contributed by atoms with E-state index in [1.807, 2.05) is 60.7 Å². The monoisotopic (exact) mass is 1580 g/mol. The number of nitrogens with two attached hydrogens (primary N) is 3. The van der Waals surface area contributed by atoms with Crippen molar-refractivity contribution < 1.29 is 76.6 Å². The maximum Gasteiger partial charge on any atom is 0.338 e. The highest BCUT2D eigenvalue weighted by atomic mass is 35.5. The Bertz CT molecular complexity index is 5390. The van der Waals surface area contributed by atoms with E-state index in [0.29, 0.717) is 164 Å². The zero-order chi connectivity index (χ0) is 82.3. The van der Waals surface area contributed by atoms with E-state index in [-0.39, 0.29) is 29.0 Å². The van der Waals surface area contributed by atoms with Crippen LogP contribution < -0.4 is 61.0 Å². The number of aromatic nitrogens is 1. The van der Waals surface area contributed by atoms with Gasteiger partial charge >= 0.3 is 17.9 Å². The van der Waals surface area contributed by atoms with Crippen molar-refractivity contribution in [3.8, 4) is 75.1 Å². The van der Waals surface area contributed by atoms with Crippen molar-refractivity contribution in [2.24, 2.45) is 0 Å². The summed E-state index contributed by atoms with van der Waals surface area (Å²) in [4.78, 5) is 72.9. The van der Waals surface area contributed by atoms with Gasteiger partial charge in [0.2, 0.25) is 0 Å². The van der Waals surface area contributed by atoms with Gasteiger partial charge in [-0.25, -0.2) is 14.4 Å². The molecular weight excluding hydrogens is 1500 g/mol. The van der Waals surface area contributed by atoms with E-state index < -0.39 is 16.9 Å². The quantitative estimate of drug-likeness (QED) is 0.00695. The average Bonchev–Trinajstić information content (AvgIpc) is 1.18. The van der Waals surface area contributed by atoms with Crippen LogP contribution in [0.5, 0.6) is 69.0 Å². The van der Waals surface area contributed by atoms with E-state index in [4.69, 9.17) is 76.5 Å². The number of nitrogens with zero attached hydrogens (tertiary/aromatic N) is 3. The van der Waals surface area contributed by atoms with Crippen LogP contribution in [0, 0.1) is 21.4 Å². The van der Waals surface area contributed by atoms with Crippen LogP contribution in [0.2, 0.25) is 0 Å². The van der Waals surface area contributed by atoms with Crippen molar-refractivity contribution in [3.63, 3.8) is 0 Å². The Hall–Kier alpha value is -14.6. The summed E-state index contributed by atoms with van der Waals surface area (Å²) in [7, 11) is 1.61. The predicted octanol–water partition coefficient (Wildman–Crippen LogP) is 18.9. The molecule has 0 atom stereocenters. The summed E-state index contributed by atoms with van der Waals surface area (Å²) in [6, 6.07) is 75.0. The minimum Gasteiger partial charge on any atom is -0.493 e. The molecule has 0 aliphatic heterocycles. The number of carboxylic acids is 1. The fourth-order valence-electron chi connectivity index (χ4n) is 10.8. The molecule has 2 amide bonds. The molecule has 25 nitrogen and oxygen atoms in total. The third kappa shape index (κ3) is 26.3. The standard InChI is InChI=1S/C31H28ClN3O4.C16H16N2O2.C15H13NO5.C15H15NO3.C13H11NO3/c1-37-30-27(26-15-21(18-33)19-34-28(26)17-29(30)38-13-3-12-32)14-20-6-10-24(11-7-20)39-25-5-2-4-22(16-25)31(36)35-23-8-9-23;17-12-4-8-14(9-5-12)20-15-3-1-2-11(10-15)16(19)18-13-6-7-13;1-2-20-15(17)11-4-3-5-14(10-11)21-13-8-6-12(7-9-13)16(18)19;1-2-18-15(17)11-4-3-5-14(10-11)19-13-8-6-12(16)7-9-13;14-10-4-6-11(7-5-10)17-12-3-1-2-9(8-12)13(15)16/h2,4-7,10-11,15-17,19,23H,3,8-9,12-14H2,1H3,(H,35,36);1-5,8-10,13H,6-7,17H2,(H,18,19);3-10H,2H2,1H3;3-10H,2,16H2,1H3;1-8H,14H2,(H,15,16). The summed E-state index contributed by atoms with van der Waals surface area (Å²) >= 11 is 5.83. The first-order valence-corrected chi connectivity index (χ1v) is 37.3. The summed E-state index contributed by atoms with van der Waals surface area (Å²) in [5.74, 6) is 5.62. The van der Waals surface area contributed by atoms with E-state index in [2.05, 4.69) is 21.7 Å². The number of carboxylic acid groups (broad SMARTS) is 1. The fraction of sp³-hybridized carbons (Fsp3) is 0.167. The molecular formula is C90H83ClN8O17. The number of alkyl halides is 1. The number of pyridine rings is 1. The normalized spacial score (nSPS) is 11.5. The molecule has 116 heavy (non-hydrogen) atoms. The second-order valence-electron chi connectivity index (χ2n) is 25.8. The topological polar surface area (TPSA) is 371 Å². The largest absolute Gasteiger partial charge is 0.493 e. The Balaban J connectivity index is 0.000000160. The van der Waals surface area contributed by atoms with Crippen LogP contribution >= 0.6 is 11.6 Å². The molecule has 2 aliphatic carbocycles. The lowest BCUT2D eigenvalue weighted by Crippen LogP contribution is -2.25. The highest BCUT2D eigenvalue weighted by Crippen LogP contribution is 2.40. The van der Waals surface area contributed by atoms with Gasteiger partial charge in [0.15, 0.2) is 11.5 Å². The van der Waals surface area contributed by atoms with Crippen molar-refractivity contribution in [2.45, 2.75) is 64.5 Å². The Kier molecular flexibility index (Phi) is 30.4. The van der Waals surface area contributed by atoms with E-state index in [0.717, 1.165) is 47.7 Å². The van der Waals surface area contributed by atoms with Gasteiger partial charge in [0.1, 0.15) is 63.6 Å². The number of nitrogens with one attached hydrogen (secondary N) is 2. The number of carbonyl (C=O) groups is 5. The van der Waals surface area contributed by atoms with Crippen LogP contribution in [0.4, 0.5) is 22.7 Å². The maximum absolute atomic E-state index is 12.4. The molecule has 11 aromatic carbocycles. The van der Waals surface area contributed by atoms with E-state index in [1.165, 1.54) is 36.4 Å². The molecule has 0 bridgehead atoms. The van der Waals surface area contributed by atoms with Gasteiger partial charge in [-0.3, -0.25) is 24.7 Å². The molecule has 2 aliphatic rings. The van der Waals surface area contributed by atoms with Gasteiger partial charge in [0, 0.05) is 87.9 Å². The maximum atomic E-state index is 12.4. The molecule has 0 radical (unpaired) electrons. The number of benzene rings is 11. The van der Waals surface area contributed by atoms with E-state index in [9.17, 15) is 39.3 Å². The summed E-state index contributed by atoms with van der Waals surface area (Å²) in [6.45, 7) is 4.60. The molecule has 9 N–H and O–H groups in total. The first-order valence-electron chi connectivity index (χ1n) is 36.8. The number of nitro groups is 1. The van der Waals surface area contributed by atoms with Crippen molar-refractivity contribution in [3.05, 3.63) is 316 Å². The number of carbonyl (C=O) groups excluding carboxylic acids is 4. The molecule has 2 fully saturated rings. The van der Waals surface area contributed by atoms with Gasteiger partial charge in [0.25, 0.3) is 17.5 Å². The van der Waals surface area contributed by atoms with Crippen LogP contribution in [-0.4, -0.2) is 89.6 Å². The number of aromatic carboxylic acids is 1. The Morgan fingerprint density at radius 1 is 0.517 bits per heavy atom. The van der Waals surface area contributed by atoms with Gasteiger partial charge in [-0.15, -0.1) is 11.6 Å². The molecule has 0 saturated heterocycles. The summed E-state index contributed by atoms with van der Waals surface area (Å²) in [5.41, 5.74) is 24.1. The second kappa shape index (κ2) is 42.1. The number of fused-ring (bicyclic) bond motifs is 1. The van der Waals surface area contributed by atoms with Crippen LogP contribution in [0.25, 0.3) is 10.9 Å². The Labute approximate surface area is 674 Å². The van der Waals surface area contributed by atoms with Crippen LogP contribution in [0.1, 0.15) is 114 Å². The summed E-state index contributed by atoms with van der Waals surface area (Å²) in [6.07, 6.45) is 7.02. The zero-order valence-electron chi connectivity index (χ0n) is 63.5. The second-order valence-corrected chi connectivity index (χ2v) is 26.2. The lowest BCUT2D eigenvalue weighted by Gasteiger charge is -2.17. The van der Waals surface area contributed by atoms with Crippen LogP contribution in [-0.2, 0) is 15.9 Å². The number of non-ortho nitro benzene ring substituents is 1. The van der Waals surface area contributed by atoms with Crippen LogP contribution in [0.15, 0.2) is 261 Å². The third-order valence-electron chi connectivity index (χ3n) is 16.8. The van der Waals surface area contributed by atoms with E-state index in [1.54, 1.807) is 185 Å². The summed E-state index contributed by atoms with van der Waals surface area (Å²) in [5, 5.41) is 35.6. The minimum atomic E-state index is -0.979. The first kappa shape index (κ1) is 83.8. The molecule has 0 unspecified atom stereocenters. The number of nitro benzene ring substituents is 1. The van der Waals surface area contributed by atoms with Crippen molar-refractivity contribution in [2.75, 3.05) is 50.0 Å². The van der Waals surface area contributed by atoms with Crippen molar-refractivity contribution in [1.29, 1.82) is 5.26 Å². The number of ether oxygens (including phenoxy) is 9. The van der Waals surface area contributed by atoms with Gasteiger partial charge in [-0.2, -0.15) is 5.26 Å². The first-order chi connectivity index (χ1) is 56.2. The molecule has 1 aromatic heterocycles. The van der Waals surface area contributed by atoms with Gasteiger partial charge in [-0.05, 0) is 246 Å². The Morgan fingerprint density at radius 2 is 0.888 bits per heavy atom. The molecule has 1 heterocycles. The Morgan fingerprint density at radius 3 is 1.25 bits per heavy atom. The minimum absolute atomic E-state index is 0.0115. The molecule has 12 aromatic rings. The molecule has 2 saturated carbocycles. The lowest BCUT2D eigenvalue weighted by atomic mass is 9.98. The number of halogens is 1. The molecule has 14 rings (SSSR count). The highest BCUT2D eigenvalue weighted by Gasteiger charge is 2.26. The number of esters is 2. The number of nitrogen functional groups attached to an aromatic ring is 3. The van der Waals surface area contributed by atoms with Gasteiger partial charge in [0.05, 0.1) is 59.6 Å². The highest BCUT2D eigenvalue weighted by molar-refractivity contribution is 6.17. The number of rotatable bonds is 27. The number of hydrogen-bond donors (Lipinski definition) is 6. The number of methoxy groups -OCH3 is 1. The molecule has 0 spiro atoms. The number of hydrogen-bond acceptors (Lipinski definition) is 21. The van der Waals surface area contributed by atoms with Crippen LogP contribution in [0.3, 0.4) is 0 Å². The smallest absolute Gasteiger partial charge is 0.338 e. The van der Waals surface area contributed by atoms with Crippen molar-refractivity contribution >= 4 is 75.0 Å². The number of nitriles is 1. The summed E-state index contributed by atoms with van der Waals surface area (Å²) < 4.78 is 50.1. The predicted molar refractivity (Wildman–Crippen MR) is 441 cm³/mol. The number of amides is 2.